The topological polar surface area (TPSA) is 35.2 Å². The second-order valence-electron chi connectivity index (χ2n) is 3.44. The fourth-order valence-corrected chi connectivity index (χ4v) is 1.57. The Morgan fingerprint density at radius 3 is 2.80 bits per heavy atom. The second-order valence-corrected chi connectivity index (χ2v) is 3.44. The SMILES string of the molecule is Cl.NC1COc2ccc(C(F)F)cc2C1. The molecule has 15 heavy (non-hydrogen) atoms. The Balaban J connectivity index is 0.00000112. The molecule has 0 saturated carbocycles. The van der Waals surface area contributed by atoms with Crippen molar-refractivity contribution in [1.29, 1.82) is 0 Å². The molecular formula is C10H12ClF2NO. The third-order valence-corrected chi connectivity index (χ3v) is 2.27. The van der Waals surface area contributed by atoms with Crippen LogP contribution in [0.3, 0.4) is 0 Å². The molecule has 1 heterocycles. The molecule has 0 spiro atoms. The van der Waals surface area contributed by atoms with Crippen LogP contribution in [0.5, 0.6) is 5.75 Å². The van der Waals surface area contributed by atoms with Crippen molar-refractivity contribution in [2.75, 3.05) is 6.61 Å². The average Bonchev–Trinajstić information content (AvgIpc) is 2.16. The Kier molecular flexibility index (Phi) is 3.88. The van der Waals surface area contributed by atoms with Crippen molar-refractivity contribution in [2.45, 2.75) is 18.9 Å². The van der Waals surface area contributed by atoms with Crippen molar-refractivity contribution >= 4 is 12.4 Å². The van der Waals surface area contributed by atoms with Crippen LogP contribution in [0, 0.1) is 0 Å². The van der Waals surface area contributed by atoms with E-state index in [2.05, 4.69) is 0 Å². The number of nitrogens with two attached hydrogens (primary N) is 1. The summed E-state index contributed by atoms with van der Waals surface area (Å²) < 4.78 is 30.0. The van der Waals surface area contributed by atoms with Crippen LogP contribution in [0.2, 0.25) is 0 Å². The summed E-state index contributed by atoms with van der Waals surface area (Å²) in [5.41, 5.74) is 6.47. The first kappa shape index (κ1) is 12.2. The largest absolute Gasteiger partial charge is 0.492 e. The van der Waals surface area contributed by atoms with Crippen molar-refractivity contribution in [3.8, 4) is 5.75 Å². The van der Waals surface area contributed by atoms with E-state index in [9.17, 15) is 8.78 Å². The number of hydrogen-bond acceptors (Lipinski definition) is 2. The molecule has 1 aromatic carbocycles. The molecule has 1 unspecified atom stereocenters. The number of halogens is 3. The van der Waals surface area contributed by atoms with Gasteiger partial charge in [0.25, 0.3) is 6.43 Å². The van der Waals surface area contributed by atoms with Gasteiger partial charge in [0.05, 0.1) is 0 Å². The lowest BCUT2D eigenvalue weighted by molar-refractivity contribution is 0.151. The molecule has 0 bridgehead atoms. The fraction of sp³-hybridized carbons (Fsp3) is 0.400. The molecule has 1 aromatic rings. The highest BCUT2D eigenvalue weighted by Crippen LogP contribution is 2.29. The summed E-state index contributed by atoms with van der Waals surface area (Å²) in [5.74, 6) is 0.677. The van der Waals surface area contributed by atoms with Crippen LogP contribution in [-0.4, -0.2) is 12.6 Å². The van der Waals surface area contributed by atoms with Crippen LogP contribution in [0.25, 0.3) is 0 Å². The Morgan fingerprint density at radius 1 is 1.40 bits per heavy atom. The third kappa shape index (κ3) is 2.58. The lowest BCUT2D eigenvalue weighted by atomic mass is 10.0. The standard InChI is InChI=1S/C10H11F2NO.ClH/c11-10(12)6-1-2-9-7(3-6)4-8(13)5-14-9;/h1-3,8,10H,4-5,13H2;1H. The summed E-state index contributed by atoms with van der Waals surface area (Å²) in [6, 6.07) is 4.36. The molecule has 0 aliphatic carbocycles. The molecule has 0 fully saturated rings. The summed E-state index contributed by atoms with van der Waals surface area (Å²) >= 11 is 0. The van der Waals surface area contributed by atoms with E-state index in [4.69, 9.17) is 10.5 Å². The zero-order valence-corrected chi connectivity index (χ0v) is 8.77. The first-order chi connectivity index (χ1) is 6.66. The molecule has 2 rings (SSSR count). The molecule has 0 aromatic heterocycles. The Morgan fingerprint density at radius 2 is 2.13 bits per heavy atom. The second kappa shape index (κ2) is 4.77. The van der Waals surface area contributed by atoms with Crippen molar-refractivity contribution in [2.24, 2.45) is 5.73 Å². The maximum Gasteiger partial charge on any atom is 0.263 e. The molecular weight excluding hydrogens is 224 g/mol. The van der Waals surface area contributed by atoms with Gasteiger partial charge in [-0.2, -0.15) is 0 Å². The lowest BCUT2D eigenvalue weighted by Crippen LogP contribution is -2.33. The van der Waals surface area contributed by atoms with Gasteiger partial charge in [-0.3, -0.25) is 0 Å². The average molecular weight is 236 g/mol. The smallest absolute Gasteiger partial charge is 0.263 e. The van der Waals surface area contributed by atoms with Crippen molar-refractivity contribution < 1.29 is 13.5 Å². The summed E-state index contributed by atoms with van der Waals surface area (Å²) in [4.78, 5) is 0. The van der Waals surface area contributed by atoms with Gasteiger partial charge in [0, 0.05) is 11.6 Å². The maximum atomic E-state index is 12.4. The van der Waals surface area contributed by atoms with Gasteiger partial charge in [-0.15, -0.1) is 12.4 Å². The Labute approximate surface area is 92.8 Å². The molecule has 0 radical (unpaired) electrons. The fourth-order valence-electron chi connectivity index (χ4n) is 1.57. The first-order valence-electron chi connectivity index (χ1n) is 4.46. The van der Waals surface area contributed by atoms with Crippen molar-refractivity contribution in [3.63, 3.8) is 0 Å². The highest BCUT2D eigenvalue weighted by atomic mass is 35.5. The third-order valence-electron chi connectivity index (χ3n) is 2.27. The van der Waals surface area contributed by atoms with Crippen LogP contribution < -0.4 is 10.5 Å². The monoisotopic (exact) mass is 235 g/mol. The number of rotatable bonds is 1. The van der Waals surface area contributed by atoms with E-state index in [1.165, 1.54) is 12.1 Å². The van der Waals surface area contributed by atoms with Gasteiger partial charge in [0.15, 0.2) is 0 Å². The first-order valence-corrected chi connectivity index (χ1v) is 4.46. The summed E-state index contributed by atoms with van der Waals surface area (Å²) in [6.45, 7) is 0.459. The van der Waals surface area contributed by atoms with Gasteiger partial charge < -0.3 is 10.5 Å². The van der Waals surface area contributed by atoms with Crippen molar-refractivity contribution in [1.82, 2.24) is 0 Å². The summed E-state index contributed by atoms with van der Waals surface area (Å²) in [5, 5.41) is 0. The highest BCUT2D eigenvalue weighted by Gasteiger charge is 2.18. The molecule has 1 aliphatic rings. The predicted octanol–water partition coefficient (Wildman–Crippen LogP) is 2.31. The van der Waals surface area contributed by atoms with Crippen LogP contribution >= 0.6 is 12.4 Å². The number of alkyl halides is 2. The molecule has 5 heteroatoms. The predicted molar refractivity (Wildman–Crippen MR) is 55.8 cm³/mol. The van der Waals surface area contributed by atoms with Crippen LogP contribution in [0.1, 0.15) is 17.6 Å². The van der Waals surface area contributed by atoms with Gasteiger partial charge in [-0.25, -0.2) is 8.78 Å². The number of ether oxygens (including phenoxy) is 1. The Bertz CT molecular complexity index is 346. The van der Waals surface area contributed by atoms with Gasteiger partial charge in [-0.05, 0) is 30.2 Å². The van der Waals surface area contributed by atoms with Gasteiger partial charge >= 0.3 is 0 Å². The normalized spacial score (nSPS) is 19.1. The highest BCUT2D eigenvalue weighted by molar-refractivity contribution is 5.85. The molecule has 2 N–H and O–H groups in total. The number of benzene rings is 1. The maximum absolute atomic E-state index is 12.4. The minimum absolute atomic E-state index is 0. The summed E-state index contributed by atoms with van der Waals surface area (Å²) in [6.07, 6.45) is -1.82. The van der Waals surface area contributed by atoms with Crippen LogP contribution in [-0.2, 0) is 6.42 Å². The molecule has 1 atom stereocenters. The quantitative estimate of drug-likeness (QED) is 0.811. The molecule has 0 amide bonds. The zero-order valence-electron chi connectivity index (χ0n) is 7.95. The van der Waals surface area contributed by atoms with E-state index < -0.39 is 6.43 Å². The zero-order chi connectivity index (χ0) is 10.1. The molecule has 84 valence electrons. The summed E-state index contributed by atoms with van der Waals surface area (Å²) in [7, 11) is 0. The van der Waals surface area contributed by atoms with E-state index >= 15 is 0 Å². The van der Waals surface area contributed by atoms with E-state index in [1.54, 1.807) is 6.07 Å². The minimum Gasteiger partial charge on any atom is -0.492 e. The van der Waals surface area contributed by atoms with E-state index in [0.717, 1.165) is 5.56 Å². The van der Waals surface area contributed by atoms with Gasteiger partial charge in [0.2, 0.25) is 0 Å². The van der Waals surface area contributed by atoms with E-state index in [-0.39, 0.29) is 24.0 Å². The van der Waals surface area contributed by atoms with E-state index in [0.29, 0.717) is 18.8 Å². The number of hydrogen-bond donors (Lipinski definition) is 1. The van der Waals surface area contributed by atoms with Crippen LogP contribution in [0.4, 0.5) is 8.78 Å². The van der Waals surface area contributed by atoms with Gasteiger partial charge in [0.1, 0.15) is 12.4 Å². The lowest BCUT2D eigenvalue weighted by Gasteiger charge is -2.22. The molecule has 0 saturated heterocycles. The molecule has 1 aliphatic heterocycles. The van der Waals surface area contributed by atoms with Gasteiger partial charge in [-0.1, -0.05) is 0 Å². The minimum atomic E-state index is -2.43. The van der Waals surface area contributed by atoms with E-state index in [1.807, 2.05) is 0 Å². The molecule has 2 nitrogen and oxygen atoms in total. The van der Waals surface area contributed by atoms with Crippen molar-refractivity contribution in [3.05, 3.63) is 29.3 Å². The van der Waals surface area contributed by atoms with Crippen LogP contribution in [0.15, 0.2) is 18.2 Å². The Hall–Kier alpha value is -0.870. The number of fused-ring (bicyclic) bond motifs is 1.